The van der Waals surface area contributed by atoms with Crippen LogP contribution in [0.15, 0.2) is 28.6 Å². The zero-order chi connectivity index (χ0) is 16.1. The van der Waals surface area contributed by atoms with Crippen molar-refractivity contribution in [3.63, 3.8) is 0 Å². The molecule has 0 aliphatic heterocycles. The summed E-state index contributed by atoms with van der Waals surface area (Å²) in [6, 6.07) is 5.70. The van der Waals surface area contributed by atoms with Crippen LogP contribution in [0.3, 0.4) is 0 Å². The Balaban J connectivity index is 1.90. The molecule has 3 N–H and O–H groups in total. The van der Waals surface area contributed by atoms with Crippen molar-refractivity contribution in [2.75, 3.05) is 11.1 Å². The Morgan fingerprint density at radius 2 is 2.23 bits per heavy atom. The Labute approximate surface area is 135 Å². The Morgan fingerprint density at radius 1 is 1.45 bits per heavy atom. The highest BCUT2D eigenvalue weighted by atomic mass is 32.2. The summed E-state index contributed by atoms with van der Waals surface area (Å²) in [4.78, 5) is 27.8. The predicted octanol–water partition coefficient (Wildman–Crippen LogP) is 2.35. The van der Waals surface area contributed by atoms with E-state index >= 15 is 0 Å². The number of hydrogen-bond donors (Lipinski definition) is 2. The van der Waals surface area contributed by atoms with E-state index in [4.69, 9.17) is 5.73 Å². The molecule has 22 heavy (non-hydrogen) atoms. The number of aromatic nitrogens is 1. The van der Waals surface area contributed by atoms with Crippen LogP contribution < -0.4 is 11.1 Å². The number of hydrogen-bond acceptors (Lipinski definition) is 5. The average Bonchev–Trinajstić information content (AvgIpc) is 2.76. The van der Waals surface area contributed by atoms with Gasteiger partial charge in [-0.15, -0.1) is 11.3 Å². The van der Waals surface area contributed by atoms with E-state index in [1.54, 1.807) is 13.0 Å². The molecule has 0 fully saturated rings. The molecule has 0 saturated heterocycles. The van der Waals surface area contributed by atoms with E-state index in [2.05, 4.69) is 10.3 Å². The van der Waals surface area contributed by atoms with Crippen molar-refractivity contribution in [1.82, 2.24) is 4.98 Å². The van der Waals surface area contributed by atoms with E-state index in [1.807, 2.05) is 0 Å². The normalized spacial score (nSPS) is 10.5. The number of nitrogens with two attached hydrogens (primary N) is 1. The largest absolute Gasteiger partial charge is 0.369 e. The number of anilines is 1. The van der Waals surface area contributed by atoms with Crippen LogP contribution in [0.25, 0.3) is 0 Å². The molecule has 0 saturated carbocycles. The molecule has 0 spiro atoms. The number of halogens is 1. The van der Waals surface area contributed by atoms with Crippen molar-refractivity contribution < 1.29 is 14.0 Å². The number of aryl methyl sites for hydroxylation is 1. The fraction of sp³-hybridized carbons (Fsp3) is 0.214. The molecule has 2 aromatic rings. The number of amides is 2. The SMILES string of the molecule is Cc1nc(SCC(=O)Nc2cccc(F)c2)sc1CC(N)=O. The third-order valence-electron chi connectivity index (χ3n) is 2.64. The zero-order valence-corrected chi connectivity index (χ0v) is 13.4. The zero-order valence-electron chi connectivity index (χ0n) is 11.8. The first-order chi connectivity index (χ1) is 10.4. The van der Waals surface area contributed by atoms with Crippen molar-refractivity contribution >= 4 is 40.6 Å². The molecule has 2 rings (SSSR count). The van der Waals surface area contributed by atoms with Gasteiger partial charge < -0.3 is 11.1 Å². The van der Waals surface area contributed by atoms with Crippen molar-refractivity contribution in [2.24, 2.45) is 5.73 Å². The lowest BCUT2D eigenvalue weighted by atomic mass is 10.3. The minimum Gasteiger partial charge on any atom is -0.369 e. The third kappa shape index (κ3) is 4.81. The molecule has 5 nitrogen and oxygen atoms in total. The van der Waals surface area contributed by atoms with E-state index in [9.17, 15) is 14.0 Å². The fourth-order valence-electron chi connectivity index (χ4n) is 1.68. The van der Waals surface area contributed by atoms with Crippen LogP contribution in [-0.4, -0.2) is 22.6 Å². The Hall–Kier alpha value is -1.93. The van der Waals surface area contributed by atoms with E-state index < -0.39 is 11.7 Å². The maximum Gasteiger partial charge on any atom is 0.234 e. The number of carbonyl (C=O) groups is 2. The summed E-state index contributed by atoms with van der Waals surface area (Å²) in [7, 11) is 0. The van der Waals surface area contributed by atoms with Crippen LogP contribution in [0, 0.1) is 12.7 Å². The van der Waals surface area contributed by atoms with Crippen LogP contribution in [0.1, 0.15) is 10.6 Å². The smallest absolute Gasteiger partial charge is 0.234 e. The lowest BCUT2D eigenvalue weighted by Crippen LogP contribution is -2.13. The van der Waals surface area contributed by atoms with Crippen LogP contribution >= 0.6 is 23.1 Å². The molecule has 0 unspecified atom stereocenters. The topological polar surface area (TPSA) is 85.1 Å². The number of thioether (sulfide) groups is 1. The number of carbonyl (C=O) groups excluding carboxylic acids is 2. The Morgan fingerprint density at radius 3 is 2.91 bits per heavy atom. The number of rotatable bonds is 6. The van der Waals surface area contributed by atoms with E-state index in [-0.39, 0.29) is 18.1 Å². The first-order valence-corrected chi connectivity index (χ1v) is 8.17. The van der Waals surface area contributed by atoms with Gasteiger partial charge in [-0.3, -0.25) is 9.59 Å². The first kappa shape index (κ1) is 16.4. The summed E-state index contributed by atoms with van der Waals surface area (Å²) in [5.41, 5.74) is 6.32. The van der Waals surface area contributed by atoms with Gasteiger partial charge in [-0.05, 0) is 25.1 Å². The molecule has 1 heterocycles. The van der Waals surface area contributed by atoms with Gasteiger partial charge in [-0.1, -0.05) is 17.8 Å². The van der Waals surface area contributed by atoms with Gasteiger partial charge in [-0.25, -0.2) is 9.37 Å². The fourth-order valence-corrected chi connectivity index (χ4v) is 3.72. The minimum atomic E-state index is -0.410. The van der Waals surface area contributed by atoms with Gasteiger partial charge in [0.15, 0.2) is 4.34 Å². The van der Waals surface area contributed by atoms with Crippen LogP contribution in [-0.2, 0) is 16.0 Å². The van der Waals surface area contributed by atoms with Crippen molar-refractivity contribution in [3.8, 4) is 0 Å². The quantitative estimate of drug-likeness (QED) is 0.791. The maximum atomic E-state index is 13.0. The van der Waals surface area contributed by atoms with E-state index in [0.29, 0.717) is 10.0 Å². The summed E-state index contributed by atoms with van der Waals surface area (Å²) >= 11 is 2.61. The second-order valence-corrected chi connectivity index (χ2v) is 6.78. The summed E-state index contributed by atoms with van der Waals surface area (Å²) < 4.78 is 13.7. The molecular weight excluding hydrogens is 325 g/mol. The lowest BCUT2D eigenvalue weighted by Gasteiger charge is -2.03. The molecule has 116 valence electrons. The molecule has 0 aliphatic rings. The number of primary amides is 1. The molecule has 0 radical (unpaired) electrons. The van der Waals surface area contributed by atoms with E-state index in [0.717, 1.165) is 10.6 Å². The molecule has 1 aromatic carbocycles. The summed E-state index contributed by atoms with van der Waals surface area (Å²) in [6.07, 6.45) is 0.152. The number of nitrogens with one attached hydrogen (secondary N) is 1. The third-order valence-corrected chi connectivity index (χ3v) is 4.94. The monoisotopic (exact) mass is 339 g/mol. The summed E-state index contributed by atoms with van der Waals surface area (Å²) in [5, 5.41) is 2.61. The average molecular weight is 339 g/mol. The highest BCUT2D eigenvalue weighted by Crippen LogP contribution is 2.27. The van der Waals surface area contributed by atoms with E-state index in [1.165, 1.54) is 41.3 Å². The van der Waals surface area contributed by atoms with Crippen LogP contribution in [0.5, 0.6) is 0 Å². The van der Waals surface area contributed by atoms with Crippen molar-refractivity contribution in [1.29, 1.82) is 0 Å². The molecule has 0 bridgehead atoms. The van der Waals surface area contributed by atoms with Gasteiger partial charge in [0.05, 0.1) is 17.9 Å². The predicted molar refractivity (Wildman–Crippen MR) is 85.5 cm³/mol. The Bertz CT molecular complexity index is 703. The summed E-state index contributed by atoms with van der Waals surface area (Å²) in [5.74, 6) is -0.913. The molecule has 2 amide bonds. The summed E-state index contributed by atoms with van der Waals surface area (Å²) in [6.45, 7) is 1.80. The van der Waals surface area contributed by atoms with Gasteiger partial charge >= 0.3 is 0 Å². The second-order valence-electron chi connectivity index (χ2n) is 4.48. The van der Waals surface area contributed by atoms with Gasteiger partial charge in [0.2, 0.25) is 11.8 Å². The molecule has 0 atom stereocenters. The molecule has 8 heteroatoms. The number of thiazole rings is 1. The van der Waals surface area contributed by atoms with Gasteiger partial charge in [0.25, 0.3) is 0 Å². The second kappa shape index (κ2) is 7.37. The van der Waals surface area contributed by atoms with Crippen molar-refractivity contribution in [2.45, 2.75) is 17.7 Å². The van der Waals surface area contributed by atoms with Crippen LogP contribution in [0.2, 0.25) is 0 Å². The highest BCUT2D eigenvalue weighted by Gasteiger charge is 2.12. The first-order valence-electron chi connectivity index (χ1n) is 6.37. The molecular formula is C14H14FN3O2S2. The maximum absolute atomic E-state index is 13.0. The molecule has 1 aromatic heterocycles. The van der Waals surface area contributed by atoms with Crippen LogP contribution in [0.4, 0.5) is 10.1 Å². The van der Waals surface area contributed by atoms with Gasteiger partial charge in [-0.2, -0.15) is 0 Å². The highest BCUT2D eigenvalue weighted by molar-refractivity contribution is 8.01. The lowest BCUT2D eigenvalue weighted by molar-refractivity contribution is -0.117. The van der Waals surface area contributed by atoms with Crippen molar-refractivity contribution in [3.05, 3.63) is 40.7 Å². The number of benzene rings is 1. The number of nitrogens with zero attached hydrogens (tertiary/aromatic N) is 1. The van der Waals surface area contributed by atoms with Gasteiger partial charge in [0.1, 0.15) is 5.82 Å². The molecule has 0 aliphatic carbocycles. The van der Waals surface area contributed by atoms with Gasteiger partial charge in [0, 0.05) is 10.6 Å². The Kier molecular flexibility index (Phi) is 5.51. The standard InChI is InChI=1S/C14H14FN3O2S2/c1-8-11(6-12(16)19)22-14(17-8)21-7-13(20)18-10-4-2-3-9(15)5-10/h2-5H,6-7H2,1H3,(H2,16,19)(H,18,20). The minimum absolute atomic E-state index is 0.152.